The van der Waals surface area contributed by atoms with E-state index >= 15 is 0 Å². The van der Waals surface area contributed by atoms with Crippen molar-refractivity contribution in [1.29, 1.82) is 5.26 Å². The van der Waals surface area contributed by atoms with Gasteiger partial charge in [-0.3, -0.25) is 0 Å². The third-order valence-electron chi connectivity index (χ3n) is 3.03. The highest BCUT2D eigenvalue weighted by molar-refractivity contribution is 5.48. The second-order valence-corrected chi connectivity index (χ2v) is 4.43. The van der Waals surface area contributed by atoms with E-state index in [1.165, 1.54) is 25.7 Å². The Morgan fingerprint density at radius 3 is 2.87 bits per heavy atom. The summed E-state index contributed by atoms with van der Waals surface area (Å²) in [4.78, 5) is 3.95. The van der Waals surface area contributed by atoms with Gasteiger partial charge in [0, 0.05) is 17.4 Å². The molecule has 1 aliphatic carbocycles. The average molecular weight is 201 g/mol. The molecule has 1 N–H and O–H groups in total. The second-order valence-electron chi connectivity index (χ2n) is 4.43. The molecule has 2 rings (SSSR count). The van der Waals surface area contributed by atoms with Crippen LogP contribution in [0, 0.1) is 11.3 Å². The minimum Gasteiger partial charge on any atom is -0.380 e. The van der Waals surface area contributed by atoms with Crippen LogP contribution < -0.4 is 5.32 Å². The van der Waals surface area contributed by atoms with Crippen molar-refractivity contribution in [2.75, 3.05) is 5.32 Å². The first-order valence-corrected chi connectivity index (χ1v) is 5.36. The molecule has 0 atom stereocenters. The smallest absolute Gasteiger partial charge is 0.142 e. The van der Waals surface area contributed by atoms with Crippen LogP contribution in [-0.2, 0) is 0 Å². The summed E-state index contributed by atoms with van der Waals surface area (Å²) in [6, 6.07) is 5.78. The SMILES string of the molecule is CC1(Nc2ccnc(C#N)c2)CCCC1. The second kappa shape index (κ2) is 3.90. The van der Waals surface area contributed by atoms with Gasteiger partial charge in [0.25, 0.3) is 0 Å². The van der Waals surface area contributed by atoms with Gasteiger partial charge < -0.3 is 5.32 Å². The number of aromatic nitrogens is 1. The van der Waals surface area contributed by atoms with E-state index < -0.39 is 0 Å². The van der Waals surface area contributed by atoms with Crippen LogP contribution in [0.3, 0.4) is 0 Å². The maximum absolute atomic E-state index is 8.75. The molecule has 0 aromatic carbocycles. The van der Waals surface area contributed by atoms with Crippen molar-refractivity contribution >= 4 is 5.69 Å². The predicted molar refractivity (Wildman–Crippen MR) is 59.4 cm³/mol. The van der Waals surface area contributed by atoms with Crippen molar-refractivity contribution in [3.63, 3.8) is 0 Å². The molecule has 0 aliphatic heterocycles. The van der Waals surface area contributed by atoms with Gasteiger partial charge in [0.2, 0.25) is 0 Å². The lowest BCUT2D eigenvalue weighted by molar-refractivity contribution is 0.533. The Morgan fingerprint density at radius 2 is 2.20 bits per heavy atom. The van der Waals surface area contributed by atoms with Crippen molar-refractivity contribution < 1.29 is 0 Å². The zero-order valence-electron chi connectivity index (χ0n) is 8.95. The lowest BCUT2D eigenvalue weighted by Gasteiger charge is -2.26. The Kier molecular flexibility index (Phi) is 2.59. The summed E-state index contributed by atoms with van der Waals surface area (Å²) >= 11 is 0. The Labute approximate surface area is 90.1 Å². The highest BCUT2D eigenvalue weighted by Crippen LogP contribution is 2.32. The summed E-state index contributed by atoms with van der Waals surface area (Å²) in [7, 11) is 0. The Balaban J connectivity index is 2.13. The van der Waals surface area contributed by atoms with Gasteiger partial charge in [-0.15, -0.1) is 0 Å². The number of hydrogen-bond donors (Lipinski definition) is 1. The van der Waals surface area contributed by atoms with Crippen molar-refractivity contribution in [3.05, 3.63) is 24.0 Å². The average Bonchev–Trinajstić information content (AvgIpc) is 2.65. The van der Waals surface area contributed by atoms with Gasteiger partial charge in [-0.2, -0.15) is 5.26 Å². The molecule has 0 saturated heterocycles. The standard InChI is InChI=1S/C12H15N3/c1-12(5-2-3-6-12)15-10-4-7-14-11(8-10)9-13/h4,7-8H,2-3,5-6H2,1H3,(H,14,15). The molecule has 0 amide bonds. The Bertz CT molecular complexity index is 386. The van der Waals surface area contributed by atoms with Gasteiger partial charge >= 0.3 is 0 Å². The molecule has 3 nitrogen and oxygen atoms in total. The number of hydrogen-bond acceptors (Lipinski definition) is 3. The van der Waals surface area contributed by atoms with Crippen LogP contribution in [0.4, 0.5) is 5.69 Å². The first-order chi connectivity index (χ1) is 7.22. The van der Waals surface area contributed by atoms with Gasteiger partial charge in [-0.05, 0) is 31.9 Å². The van der Waals surface area contributed by atoms with Gasteiger partial charge in [-0.1, -0.05) is 12.8 Å². The molecular formula is C12H15N3. The first-order valence-electron chi connectivity index (χ1n) is 5.36. The Morgan fingerprint density at radius 1 is 1.47 bits per heavy atom. The van der Waals surface area contributed by atoms with Gasteiger partial charge in [-0.25, -0.2) is 4.98 Å². The summed E-state index contributed by atoms with van der Waals surface area (Å²) in [6.45, 7) is 2.24. The molecular weight excluding hydrogens is 186 g/mol. The molecule has 1 fully saturated rings. The third kappa shape index (κ3) is 2.27. The normalized spacial score (nSPS) is 18.4. The summed E-state index contributed by atoms with van der Waals surface area (Å²) < 4.78 is 0. The van der Waals surface area contributed by atoms with Crippen LogP contribution >= 0.6 is 0 Å². The minimum atomic E-state index is 0.202. The topological polar surface area (TPSA) is 48.7 Å². The van der Waals surface area contributed by atoms with Crippen LogP contribution in [0.5, 0.6) is 0 Å². The van der Waals surface area contributed by atoms with E-state index in [1.54, 1.807) is 6.20 Å². The lowest BCUT2D eigenvalue weighted by atomic mass is 10.0. The fourth-order valence-corrected chi connectivity index (χ4v) is 2.20. The zero-order valence-corrected chi connectivity index (χ0v) is 8.95. The molecule has 15 heavy (non-hydrogen) atoms. The monoisotopic (exact) mass is 201 g/mol. The van der Waals surface area contributed by atoms with E-state index in [1.807, 2.05) is 12.1 Å². The van der Waals surface area contributed by atoms with Crippen LogP contribution in [0.1, 0.15) is 38.3 Å². The number of rotatable bonds is 2. The van der Waals surface area contributed by atoms with Gasteiger partial charge in [0.1, 0.15) is 11.8 Å². The summed E-state index contributed by atoms with van der Waals surface area (Å²) in [5, 5.41) is 12.2. The summed E-state index contributed by atoms with van der Waals surface area (Å²) in [6.07, 6.45) is 6.67. The molecule has 1 aliphatic rings. The Hall–Kier alpha value is -1.56. The number of nitriles is 1. The zero-order chi connectivity index (χ0) is 10.7. The molecule has 1 aromatic heterocycles. The summed E-state index contributed by atoms with van der Waals surface area (Å²) in [5.74, 6) is 0. The fourth-order valence-electron chi connectivity index (χ4n) is 2.20. The van der Waals surface area contributed by atoms with Crippen molar-refractivity contribution in [1.82, 2.24) is 4.98 Å². The minimum absolute atomic E-state index is 0.202. The molecule has 0 unspecified atom stereocenters. The maximum Gasteiger partial charge on any atom is 0.142 e. The van der Waals surface area contributed by atoms with E-state index in [0.29, 0.717) is 5.69 Å². The van der Waals surface area contributed by atoms with Gasteiger partial charge in [0.05, 0.1) is 0 Å². The molecule has 1 aromatic rings. The van der Waals surface area contributed by atoms with Crippen LogP contribution in [-0.4, -0.2) is 10.5 Å². The molecule has 0 spiro atoms. The van der Waals surface area contributed by atoms with Crippen LogP contribution in [0.25, 0.3) is 0 Å². The van der Waals surface area contributed by atoms with E-state index in [2.05, 4.69) is 23.3 Å². The summed E-state index contributed by atoms with van der Waals surface area (Å²) in [5.41, 5.74) is 1.68. The molecule has 0 radical (unpaired) electrons. The molecule has 1 saturated carbocycles. The first kappa shape index (κ1) is 9.97. The number of nitrogens with zero attached hydrogens (tertiary/aromatic N) is 2. The lowest BCUT2D eigenvalue weighted by Crippen LogP contribution is -2.30. The number of pyridine rings is 1. The van der Waals surface area contributed by atoms with E-state index in [-0.39, 0.29) is 5.54 Å². The van der Waals surface area contributed by atoms with Crippen LogP contribution in [0.15, 0.2) is 18.3 Å². The largest absolute Gasteiger partial charge is 0.380 e. The fraction of sp³-hybridized carbons (Fsp3) is 0.500. The number of nitrogens with one attached hydrogen (secondary N) is 1. The molecule has 0 bridgehead atoms. The predicted octanol–water partition coefficient (Wildman–Crippen LogP) is 2.70. The quantitative estimate of drug-likeness (QED) is 0.800. The van der Waals surface area contributed by atoms with Crippen LogP contribution in [0.2, 0.25) is 0 Å². The van der Waals surface area contributed by atoms with E-state index in [9.17, 15) is 0 Å². The van der Waals surface area contributed by atoms with E-state index in [4.69, 9.17) is 5.26 Å². The van der Waals surface area contributed by atoms with Crippen molar-refractivity contribution in [2.45, 2.75) is 38.1 Å². The number of anilines is 1. The molecule has 1 heterocycles. The highest BCUT2D eigenvalue weighted by Gasteiger charge is 2.28. The third-order valence-corrected chi connectivity index (χ3v) is 3.03. The van der Waals surface area contributed by atoms with Crippen molar-refractivity contribution in [2.24, 2.45) is 0 Å². The highest BCUT2D eigenvalue weighted by atomic mass is 15.0. The van der Waals surface area contributed by atoms with Crippen molar-refractivity contribution in [3.8, 4) is 6.07 Å². The molecule has 3 heteroatoms. The maximum atomic E-state index is 8.75. The molecule has 78 valence electrons. The van der Waals surface area contributed by atoms with Gasteiger partial charge in [0.15, 0.2) is 0 Å². The van der Waals surface area contributed by atoms with E-state index in [0.717, 1.165) is 5.69 Å².